The van der Waals surface area contributed by atoms with Crippen LogP contribution in [0.2, 0.25) is 0 Å². The Balaban J connectivity index is 2.33. The van der Waals surface area contributed by atoms with E-state index < -0.39 is 11.0 Å². The first-order valence-corrected chi connectivity index (χ1v) is 8.00. The highest BCUT2D eigenvalue weighted by atomic mass is 79.9. The second-order valence-corrected chi connectivity index (χ2v) is 6.69. The Bertz CT molecular complexity index is 525. The van der Waals surface area contributed by atoms with Crippen LogP contribution in [-0.4, -0.2) is 16.1 Å². The van der Waals surface area contributed by atoms with E-state index in [1.165, 1.54) is 6.07 Å². The minimum absolute atomic E-state index is 0.0152. The average molecular weight is 358 g/mol. The van der Waals surface area contributed by atoms with Gasteiger partial charge in [-0.2, -0.15) is 0 Å². The molecule has 0 amide bonds. The van der Waals surface area contributed by atoms with Crippen LogP contribution < -0.4 is 4.74 Å². The predicted molar refractivity (Wildman–Crippen MR) is 83.5 cm³/mol. The van der Waals surface area contributed by atoms with Crippen LogP contribution in [0.25, 0.3) is 0 Å². The number of nitro benzene ring substituents is 1. The molecule has 0 aliphatic heterocycles. The first-order valence-electron chi connectivity index (χ1n) is 7.21. The molecule has 0 aromatic heterocycles. The van der Waals surface area contributed by atoms with Crippen LogP contribution in [0.15, 0.2) is 16.6 Å². The Morgan fingerprint density at radius 3 is 2.52 bits per heavy atom. The lowest BCUT2D eigenvalue weighted by atomic mass is 9.89. The molecule has 0 radical (unpaired) electrons. The Morgan fingerprint density at radius 2 is 2.00 bits per heavy atom. The third-order valence-electron chi connectivity index (χ3n) is 3.96. The molecule has 1 aliphatic carbocycles. The van der Waals surface area contributed by atoms with Gasteiger partial charge in [-0.15, -0.1) is 0 Å². The average Bonchev–Trinajstić information content (AvgIpc) is 2.42. The number of nitro groups is 1. The van der Waals surface area contributed by atoms with E-state index in [0.29, 0.717) is 16.0 Å². The molecule has 0 bridgehead atoms. The number of aliphatic hydroxyl groups is 1. The van der Waals surface area contributed by atoms with Gasteiger partial charge < -0.3 is 9.84 Å². The van der Waals surface area contributed by atoms with Gasteiger partial charge in [0.05, 0.1) is 17.1 Å². The number of rotatable bonds is 4. The second-order valence-electron chi connectivity index (χ2n) is 5.78. The molecule has 6 heteroatoms. The fourth-order valence-corrected chi connectivity index (χ4v) is 3.15. The van der Waals surface area contributed by atoms with Crippen LogP contribution in [0, 0.1) is 16.0 Å². The molecule has 0 heterocycles. The lowest BCUT2D eigenvalue weighted by molar-refractivity contribution is -0.386. The normalized spacial score (nSPS) is 23.6. The van der Waals surface area contributed by atoms with E-state index in [9.17, 15) is 15.2 Å². The maximum Gasteiger partial charge on any atom is 0.312 e. The number of benzene rings is 1. The zero-order chi connectivity index (χ0) is 15.6. The van der Waals surface area contributed by atoms with Gasteiger partial charge in [0, 0.05) is 16.1 Å². The van der Waals surface area contributed by atoms with E-state index in [1.807, 2.05) is 0 Å². The van der Waals surface area contributed by atoms with Crippen molar-refractivity contribution in [3.63, 3.8) is 0 Å². The third-order valence-corrected chi connectivity index (χ3v) is 4.41. The molecule has 1 fully saturated rings. The standard InChI is InChI=1S/C15H20BrNO4/c1-9-3-5-12(6-4-9)21-15-13(10(2)18)7-11(16)8-14(15)17(19)20/h7-10,12,18H,3-6H2,1-2H3/t9?,10-,12?/m1/s1. The lowest BCUT2D eigenvalue weighted by Gasteiger charge is -2.27. The first kappa shape index (κ1) is 16.2. The van der Waals surface area contributed by atoms with Gasteiger partial charge in [0.1, 0.15) is 0 Å². The monoisotopic (exact) mass is 357 g/mol. The van der Waals surface area contributed by atoms with Gasteiger partial charge in [0.25, 0.3) is 0 Å². The molecule has 1 aliphatic rings. The summed E-state index contributed by atoms with van der Waals surface area (Å²) in [5, 5.41) is 21.1. The van der Waals surface area contributed by atoms with Crippen LogP contribution in [-0.2, 0) is 0 Å². The Morgan fingerprint density at radius 1 is 1.38 bits per heavy atom. The van der Waals surface area contributed by atoms with Crippen molar-refractivity contribution in [2.45, 2.75) is 51.7 Å². The van der Waals surface area contributed by atoms with Gasteiger partial charge in [-0.1, -0.05) is 22.9 Å². The van der Waals surface area contributed by atoms with Crippen molar-refractivity contribution < 1.29 is 14.8 Å². The highest BCUT2D eigenvalue weighted by molar-refractivity contribution is 9.10. The fourth-order valence-electron chi connectivity index (χ4n) is 2.69. The van der Waals surface area contributed by atoms with Gasteiger partial charge in [-0.05, 0) is 44.6 Å². The van der Waals surface area contributed by atoms with Crippen molar-refractivity contribution in [1.82, 2.24) is 0 Å². The maximum absolute atomic E-state index is 11.3. The van der Waals surface area contributed by atoms with Crippen molar-refractivity contribution in [3.8, 4) is 5.75 Å². The SMILES string of the molecule is CC1CCC(Oc2c([C@@H](C)O)cc(Br)cc2[N+](=O)[O-])CC1. The second kappa shape index (κ2) is 6.75. The van der Waals surface area contributed by atoms with Crippen molar-refractivity contribution in [2.24, 2.45) is 5.92 Å². The summed E-state index contributed by atoms with van der Waals surface area (Å²) < 4.78 is 6.49. The number of hydrogen-bond donors (Lipinski definition) is 1. The highest BCUT2D eigenvalue weighted by Gasteiger charge is 2.27. The van der Waals surface area contributed by atoms with Gasteiger partial charge in [0.2, 0.25) is 5.75 Å². The van der Waals surface area contributed by atoms with Crippen LogP contribution in [0.3, 0.4) is 0 Å². The lowest BCUT2D eigenvalue weighted by Crippen LogP contribution is -2.24. The van der Waals surface area contributed by atoms with Crippen molar-refractivity contribution >= 4 is 21.6 Å². The molecule has 116 valence electrons. The molecule has 1 saturated carbocycles. The maximum atomic E-state index is 11.3. The molecule has 0 unspecified atom stereocenters. The molecule has 1 N–H and O–H groups in total. The summed E-state index contributed by atoms with van der Waals surface area (Å²) in [6, 6.07) is 3.10. The van der Waals surface area contributed by atoms with Crippen molar-refractivity contribution in [2.75, 3.05) is 0 Å². The smallest absolute Gasteiger partial charge is 0.312 e. The number of halogens is 1. The minimum atomic E-state index is -0.821. The zero-order valence-corrected chi connectivity index (χ0v) is 13.8. The van der Waals surface area contributed by atoms with Gasteiger partial charge in [-0.25, -0.2) is 0 Å². The van der Waals surface area contributed by atoms with E-state index in [1.54, 1.807) is 13.0 Å². The summed E-state index contributed by atoms with van der Waals surface area (Å²) in [5.41, 5.74) is 0.355. The summed E-state index contributed by atoms with van der Waals surface area (Å²) in [4.78, 5) is 10.8. The molecule has 21 heavy (non-hydrogen) atoms. The predicted octanol–water partition coefficient (Wildman–Crippen LogP) is 4.37. The largest absolute Gasteiger partial charge is 0.483 e. The Labute approximate surface area is 132 Å². The third kappa shape index (κ3) is 3.95. The summed E-state index contributed by atoms with van der Waals surface area (Å²) in [5.74, 6) is 0.888. The molecule has 1 aromatic rings. The topological polar surface area (TPSA) is 72.6 Å². The van der Waals surface area contributed by atoms with E-state index in [-0.39, 0.29) is 17.5 Å². The van der Waals surface area contributed by atoms with Crippen LogP contribution in [0.1, 0.15) is 51.2 Å². The molecule has 0 saturated heterocycles. The minimum Gasteiger partial charge on any atom is -0.483 e. The highest BCUT2D eigenvalue weighted by Crippen LogP contribution is 2.40. The Kier molecular flexibility index (Phi) is 5.22. The van der Waals surface area contributed by atoms with Crippen molar-refractivity contribution in [3.05, 3.63) is 32.3 Å². The number of aliphatic hydroxyl groups excluding tert-OH is 1. The summed E-state index contributed by atoms with van der Waals surface area (Å²) in [6.07, 6.45) is 3.09. The molecule has 5 nitrogen and oxygen atoms in total. The molecule has 2 rings (SSSR count). The number of nitrogens with zero attached hydrogens (tertiary/aromatic N) is 1. The summed E-state index contributed by atoms with van der Waals surface area (Å²) in [6.45, 7) is 3.79. The number of hydrogen-bond acceptors (Lipinski definition) is 4. The molecule has 1 atom stereocenters. The van der Waals surface area contributed by atoms with Crippen LogP contribution in [0.4, 0.5) is 5.69 Å². The van der Waals surface area contributed by atoms with Gasteiger partial charge >= 0.3 is 5.69 Å². The Hall–Kier alpha value is -1.14. The molecule has 0 spiro atoms. The van der Waals surface area contributed by atoms with Gasteiger partial charge in [-0.3, -0.25) is 10.1 Å². The zero-order valence-electron chi connectivity index (χ0n) is 12.2. The fraction of sp³-hybridized carbons (Fsp3) is 0.600. The van der Waals surface area contributed by atoms with Crippen LogP contribution in [0.5, 0.6) is 5.75 Å². The quantitative estimate of drug-likeness (QED) is 0.641. The van der Waals surface area contributed by atoms with Gasteiger partial charge in [0.15, 0.2) is 0 Å². The van der Waals surface area contributed by atoms with Crippen molar-refractivity contribution in [1.29, 1.82) is 0 Å². The summed E-state index contributed by atoms with van der Waals surface area (Å²) in [7, 11) is 0. The molecular weight excluding hydrogens is 338 g/mol. The van der Waals surface area contributed by atoms with E-state index in [0.717, 1.165) is 25.7 Å². The summed E-state index contributed by atoms with van der Waals surface area (Å²) >= 11 is 3.25. The van der Waals surface area contributed by atoms with E-state index in [2.05, 4.69) is 22.9 Å². The first-order chi connectivity index (χ1) is 9.88. The van der Waals surface area contributed by atoms with Crippen LogP contribution >= 0.6 is 15.9 Å². The van der Waals surface area contributed by atoms with E-state index >= 15 is 0 Å². The molecular formula is C15H20BrNO4. The molecule has 1 aromatic carbocycles. The number of ether oxygens (including phenoxy) is 1. The van der Waals surface area contributed by atoms with E-state index in [4.69, 9.17) is 4.74 Å².